The molecule has 4 atom stereocenters. The number of pyridine rings is 2. The van der Waals surface area contributed by atoms with Crippen molar-refractivity contribution in [3.8, 4) is 0 Å². The van der Waals surface area contributed by atoms with E-state index < -0.39 is 0 Å². The summed E-state index contributed by atoms with van der Waals surface area (Å²) < 4.78 is 0. The fraction of sp³-hybridized carbons (Fsp3) is 0.667. The first-order valence-corrected chi connectivity index (χ1v) is 11.8. The molecule has 6 heteroatoms. The average Bonchev–Trinajstić information content (AvgIpc) is 2.73. The molecule has 4 fully saturated rings. The lowest BCUT2D eigenvalue weighted by atomic mass is 9.75. The van der Waals surface area contributed by atoms with Gasteiger partial charge in [0.2, 0.25) is 0 Å². The summed E-state index contributed by atoms with van der Waals surface area (Å²) in [5, 5.41) is 22.4. The summed E-state index contributed by atoms with van der Waals surface area (Å²) in [6.45, 7) is 3.62. The number of rotatable bonds is 2. The van der Waals surface area contributed by atoms with Crippen LogP contribution in [0.3, 0.4) is 0 Å². The zero-order chi connectivity index (χ0) is 20.2. The predicted octanol–water partition coefficient (Wildman–Crippen LogP) is 2.82. The molecule has 4 aliphatic rings. The van der Waals surface area contributed by atoms with Crippen molar-refractivity contribution in [2.45, 2.75) is 50.7 Å². The minimum absolute atomic E-state index is 0.146. The highest BCUT2D eigenvalue weighted by Gasteiger charge is 2.40. The lowest BCUT2D eigenvalue weighted by Crippen LogP contribution is -2.52. The average molecular weight is 409 g/mol. The third-order valence-corrected chi connectivity index (χ3v) is 8.29. The largest absolute Gasteiger partial charge is 0.392 e. The summed E-state index contributed by atoms with van der Waals surface area (Å²) in [6.07, 6.45) is 10.4. The maximum atomic E-state index is 10.7. The first-order valence-electron chi connectivity index (χ1n) is 11.8. The molecule has 0 amide bonds. The maximum absolute atomic E-state index is 10.7. The van der Waals surface area contributed by atoms with Gasteiger partial charge in [-0.05, 0) is 31.7 Å². The number of hydrogen-bond donors (Lipinski definition) is 2. The van der Waals surface area contributed by atoms with Crippen LogP contribution in [0.5, 0.6) is 0 Å². The van der Waals surface area contributed by atoms with E-state index in [0.29, 0.717) is 23.7 Å². The Balaban J connectivity index is 1.38. The summed E-state index contributed by atoms with van der Waals surface area (Å²) in [4.78, 5) is 14.2. The molecule has 2 aliphatic heterocycles. The van der Waals surface area contributed by atoms with E-state index >= 15 is 0 Å². The van der Waals surface area contributed by atoms with E-state index in [4.69, 9.17) is 4.98 Å². The van der Waals surface area contributed by atoms with Gasteiger partial charge in [-0.3, -0.25) is 4.98 Å². The molecule has 2 aliphatic carbocycles. The van der Waals surface area contributed by atoms with Crippen molar-refractivity contribution in [2.24, 2.45) is 23.7 Å². The molecule has 2 aromatic rings. The zero-order valence-electron chi connectivity index (χ0n) is 17.5. The fourth-order valence-corrected chi connectivity index (χ4v) is 6.67. The molecule has 0 spiro atoms. The van der Waals surface area contributed by atoms with Gasteiger partial charge in [0, 0.05) is 73.2 Å². The summed E-state index contributed by atoms with van der Waals surface area (Å²) in [5.74, 6) is 2.48. The van der Waals surface area contributed by atoms with Crippen LogP contribution in [0.4, 0.5) is 11.5 Å². The van der Waals surface area contributed by atoms with E-state index in [1.165, 1.54) is 18.5 Å². The van der Waals surface area contributed by atoms with Crippen LogP contribution >= 0.6 is 0 Å². The predicted molar refractivity (Wildman–Crippen MR) is 118 cm³/mol. The van der Waals surface area contributed by atoms with Gasteiger partial charge in [0.1, 0.15) is 5.82 Å². The SMILES string of the molecule is OC1C2CCCC1CN(c1cc(N3CC4CCCC(C3)C4O)c3ccncc3n1)C2. The number of aliphatic hydroxyl groups excluding tert-OH is 2. The van der Waals surface area contributed by atoms with Crippen LogP contribution in [0, 0.1) is 23.7 Å². The highest BCUT2D eigenvalue weighted by molar-refractivity contribution is 5.93. The van der Waals surface area contributed by atoms with Crippen LogP contribution in [0.25, 0.3) is 10.9 Å². The van der Waals surface area contributed by atoms with Gasteiger partial charge in [0.05, 0.1) is 23.9 Å². The van der Waals surface area contributed by atoms with Crippen molar-refractivity contribution in [2.75, 3.05) is 36.0 Å². The van der Waals surface area contributed by atoms with E-state index in [0.717, 1.165) is 68.6 Å². The van der Waals surface area contributed by atoms with E-state index in [-0.39, 0.29) is 12.2 Å². The Morgan fingerprint density at radius 2 is 1.37 bits per heavy atom. The molecule has 30 heavy (non-hydrogen) atoms. The molecule has 2 N–H and O–H groups in total. The number of aromatic nitrogens is 2. The van der Waals surface area contributed by atoms with Gasteiger partial charge < -0.3 is 20.0 Å². The van der Waals surface area contributed by atoms with E-state index in [1.807, 2.05) is 12.4 Å². The van der Waals surface area contributed by atoms with Crippen molar-refractivity contribution >= 4 is 22.4 Å². The fourth-order valence-electron chi connectivity index (χ4n) is 6.67. The maximum Gasteiger partial charge on any atom is 0.131 e. The van der Waals surface area contributed by atoms with Gasteiger partial charge in [-0.15, -0.1) is 0 Å². The molecule has 2 aromatic heterocycles. The minimum atomic E-state index is -0.153. The molecule has 6 nitrogen and oxygen atoms in total. The van der Waals surface area contributed by atoms with Gasteiger partial charge in [0.25, 0.3) is 0 Å². The third-order valence-electron chi connectivity index (χ3n) is 8.29. The van der Waals surface area contributed by atoms with Crippen molar-refractivity contribution in [3.63, 3.8) is 0 Å². The first kappa shape index (κ1) is 18.8. The molecule has 0 aromatic carbocycles. The minimum Gasteiger partial charge on any atom is -0.392 e. The Labute approximate surface area is 177 Å². The molecular weight excluding hydrogens is 376 g/mol. The molecule has 4 bridgehead atoms. The highest BCUT2D eigenvalue weighted by atomic mass is 16.3. The number of fused-ring (bicyclic) bond motifs is 5. The van der Waals surface area contributed by atoms with Crippen molar-refractivity contribution in [1.82, 2.24) is 9.97 Å². The van der Waals surface area contributed by atoms with Crippen LogP contribution in [0.2, 0.25) is 0 Å². The summed E-state index contributed by atoms with van der Waals surface area (Å²) >= 11 is 0. The number of aliphatic hydroxyl groups is 2. The molecule has 4 heterocycles. The standard InChI is InChI=1S/C24H32N4O2/c29-23-15-3-1-4-16(23)12-27(11-15)21-9-22(26-20-10-25-8-7-19(20)21)28-13-17-5-2-6-18(14-28)24(17)30/h7-10,15-18,23-24,29-30H,1-6,11-14H2. The summed E-state index contributed by atoms with van der Waals surface area (Å²) in [7, 11) is 0. The third kappa shape index (κ3) is 3.07. The van der Waals surface area contributed by atoms with Crippen molar-refractivity contribution in [3.05, 3.63) is 24.5 Å². The van der Waals surface area contributed by atoms with E-state index in [2.05, 4.69) is 26.9 Å². The van der Waals surface area contributed by atoms with Crippen molar-refractivity contribution in [1.29, 1.82) is 0 Å². The quantitative estimate of drug-likeness (QED) is 0.796. The van der Waals surface area contributed by atoms with E-state index in [9.17, 15) is 10.2 Å². The van der Waals surface area contributed by atoms with Crippen LogP contribution in [0.15, 0.2) is 24.5 Å². The Kier molecular flexibility index (Phi) is 4.61. The van der Waals surface area contributed by atoms with Gasteiger partial charge in [-0.25, -0.2) is 4.98 Å². The van der Waals surface area contributed by atoms with Crippen LogP contribution in [-0.4, -0.2) is 58.6 Å². The molecule has 4 unspecified atom stereocenters. The lowest BCUT2D eigenvalue weighted by molar-refractivity contribution is 0.00568. The number of hydrogen-bond acceptors (Lipinski definition) is 6. The number of anilines is 2. The molecule has 0 radical (unpaired) electrons. The molecule has 2 saturated carbocycles. The molecule has 6 rings (SSSR count). The number of nitrogens with zero attached hydrogens (tertiary/aromatic N) is 4. The zero-order valence-corrected chi connectivity index (χ0v) is 17.5. The van der Waals surface area contributed by atoms with Crippen molar-refractivity contribution < 1.29 is 10.2 Å². The highest BCUT2D eigenvalue weighted by Crippen LogP contribution is 2.41. The van der Waals surface area contributed by atoms with Crippen LogP contribution in [0.1, 0.15) is 38.5 Å². The monoisotopic (exact) mass is 408 g/mol. The van der Waals surface area contributed by atoms with Gasteiger partial charge >= 0.3 is 0 Å². The molecule has 160 valence electrons. The van der Waals surface area contributed by atoms with Crippen LogP contribution in [-0.2, 0) is 0 Å². The van der Waals surface area contributed by atoms with Gasteiger partial charge in [-0.2, -0.15) is 0 Å². The topological polar surface area (TPSA) is 72.7 Å². The Morgan fingerprint density at radius 1 is 0.800 bits per heavy atom. The molecule has 2 saturated heterocycles. The second kappa shape index (κ2) is 7.34. The Morgan fingerprint density at radius 3 is 1.97 bits per heavy atom. The normalized spacial score (nSPS) is 36.2. The second-order valence-corrected chi connectivity index (χ2v) is 10.1. The molecular formula is C24H32N4O2. The van der Waals surface area contributed by atoms with Gasteiger partial charge in [0.15, 0.2) is 0 Å². The Bertz CT molecular complexity index is 909. The first-order chi connectivity index (χ1) is 14.7. The smallest absolute Gasteiger partial charge is 0.131 e. The van der Waals surface area contributed by atoms with E-state index in [1.54, 1.807) is 0 Å². The van der Waals surface area contributed by atoms with Crippen LogP contribution < -0.4 is 9.80 Å². The Hall–Kier alpha value is -1.92. The lowest BCUT2D eigenvalue weighted by Gasteiger charge is -2.47. The second-order valence-electron chi connectivity index (χ2n) is 10.1. The summed E-state index contributed by atoms with van der Waals surface area (Å²) in [6, 6.07) is 4.35. The van der Waals surface area contributed by atoms with Gasteiger partial charge in [-0.1, -0.05) is 12.8 Å². The summed E-state index contributed by atoms with van der Waals surface area (Å²) in [5.41, 5.74) is 2.18. The number of piperidine rings is 2.